The fourth-order valence-corrected chi connectivity index (χ4v) is 2.27. The molecule has 0 aromatic heterocycles. The Kier molecular flexibility index (Phi) is 5.44. The highest BCUT2D eigenvalue weighted by atomic mass is 35.5. The summed E-state index contributed by atoms with van der Waals surface area (Å²) < 4.78 is 0. The third-order valence-corrected chi connectivity index (χ3v) is 3.72. The van der Waals surface area contributed by atoms with Crippen LogP contribution in [-0.4, -0.2) is 0 Å². The number of hydrogen-bond donors (Lipinski definition) is 2. The van der Waals surface area contributed by atoms with Gasteiger partial charge in [0.2, 0.25) is 0 Å². The largest absolute Gasteiger partial charge is 0.250 e. The highest BCUT2D eigenvalue weighted by Crippen LogP contribution is 2.18. The van der Waals surface area contributed by atoms with Crippen molar-refractivity contribution in [1.82, 2.24) is 10.9 Å². The molecule has 4 heteroatoms. The van der Waals surface area contributed by atoms with Gasteiger partial charge in [-0.3, -0.25) is 10.9 Å². The fourth-order valence-electron chi connectivity index (χ4n) is 1.94. The Bertz CT molecular complexity index is 555. The molecule has 2 aromatic carbocycles. The van der Waals surface area contributed by atoms with E-state index in [0.717, 1.165) is 15.6 Å². The maximum atomic E-state index is 6.00. The molecule has 0 spiro atoms. The van der Waals surface area contributed by atoms with E-state index >= 15 is 0 Å². The molecule has 0 saturated carbocycles. The summed E-state index contributed by atoms with van der Waals surface area (Å²) >= 11 is 11.9. The van der Waals surface area contributed by atoms with Gasteiger partial charge < -0.3 is 0 Å². The van der Waals surface area contributed by atoms with Gasteiger partial charge in [0.15, 0.2) is 0 Å². The maximum absolute atomic E-state index is 6.00. The van der Waals surface area contributed by atoms with Crippen molar-refractivity contribution in [3.05, 3.63) is 69.7 Å². The molecular formula is C16H18Cl2N2. The van der Waals surface area contributed by atoms with Crippen LogP contribution in [0.1, 0.15) is 37.1 Å². The van der Waals surface area contributed by atoms with Crippen LogP contribution in [0, 0.1) is 0 Å². The summed E-state index contributed by atoms with van der Waals surface area (Å²) in [5.74, 6) is 0. The molecule has 106 valence electrons. The highest BCUT2D eigenvalue weighted by Gasteiger charge is 2.08. The SMILES string of the molecule is CC(NNC(C)c1cccc(Cl)c1)c1ccc(Cl)cc1. The van der Waals surface area contributed by atoms with Crippen LogP contribution in [0.25, 0.3) is 0 Å². The number of nitrogens with one attached hydrogen (secondary N) is 2. The van der Waals surface area contributed by atoms with E-state index < -0.39 is 0 Å². The number of rotatable bonds is 5. The Morgan fingerprint density at radius 2 is 1.35 bits per heavy atom. The Morgan fingerprint density at radius 1 is 0.750 bits per heavy atom. The van der Waals surface area contributed by atoms with Gasteiger partial charge in [-0.2, -0.15) is 0 Å². The Morgan fingerprint density at radius 3 is 1.95 bits per heavy atom. The van der Waals surface area contributed by atoms with E-state index in [0.29, 0.717) is 0 Å². The van der Waals surface area contributed by atoms with Gasteiger partial charge in [0.25, 0.3) is 0 Å². The zero-order chi connectivity index (χ0) is 14.5. The maximum Gasteiger partial charge on any atom is 0.0434 e. The topological polar surface area (TPSA) is 24.1 Å². The van der Waals surface area contributed by atoms with Crippen LogP contribution in [0.2, 0.25) is 10.0 Å². The van der Waals surface area contributed by atoms with Crippen LogP contribution in [0.3, 0.4) is 0 Å². The summed E-state index contributed by atoms with van der Waals surface area (Å²) in [5, 5.41) is 1.50. The predicted octanol–water partition coefficient (Wildman–Crippen LogP) is 4.91. The minimum atomic E-state index is 0.170. The van der Waals surface area contributed by atoms with E-state index in [2.05, 4.69) is 30.8 Å². The average Bonchev–Trinajstić information content (AvgIpc) is 2.45. The van der Waals surface area contributed by atoms with Gasteiger partial charge in [-0.25, -0.2) is 0 Å². The second kappa shape index (κ2) is 7.09. The second-order valence-corrected chi connectivity index (χ2v) is 5.71. The standard InChI is InChI=1S/C16H18Cl2N2/c1-11(13-6-8-15(17)9-7-13)19-20-12(2)14-4-3-5-16(18)10-14/h3-12,19-20H,1-2H3. The molecule has 2 nitrogen and oxygen atoms in total. The van der Waals surface area contributed by atoms with Gasteiger partial charge >= 0.3 is 0 Å². The normalized spacial score (nSPS) is 14.0. The summed E-state index contributed by atoms with van der Waals surface area (Å²) in [4.78, 5) is 0. The van der Waals surface area contributed by atoms with Crippen molar-refractivity contribution < 1.29 is 0 Å². The van der Waals surface area contributed by atoms with Crippen molar-refractivity contribution in [3.63, 3.8) is 0 Å². The molecule has 2 rings (SSSR count). The molecule has 2 aromatic rings. The molecule has 0 fully saturated rings. The quantitative estimate of drug-likeness (QED) is 0.767. The lowest BCUT2D eigenvalue weighted by Crippen LogP contribution is -2.36. The lowest BCUT2D eigenvalue weighted by molar-refractivity contribution is 0.411. The third-order valence-electron chi connectivity index (χ3n) is 3.24. The van der Waals surface area contributed by atoms with Crippen molar-refractivity contribution >= 4 is 23.2 Å². The lowest BCUT2D eigenvalue weighted by atomic mass is 10.1. The molecule has 0 heterocycles. The fraction of sp³-hybridized carbons (Fsp3) is 0.250. The third kappa shape index (κ3) is 4.22. The number of hydrazine groups is 1. The minimum absolute atomic E-state index is 0.170. The van der Waals surface area contributed by atoms with Crippen molar-refractivity contribution in [2.24, 2.45) is 0 Å². The molecule has 0 bridgehead atoms. The molecular weight excluding hydrogens is 291 g/mol. The molecule has 2 atom stereocenters. The van der Waals surface area contributed by atoms with Gasteiger partial charge in [0, 0.05) is 22.1 Å². The first-order valence-electron chi connectivity index (χ1n) is 6.58. The molecule has 2 N–H and O–H groups in total. The molecule has 0 aliphatic carbocycles. The van der Waals surface area contributed by atoms with Crippen molar-refractivity contribution in [3.8, 4) is 0 Å². The highest BCUT2D eigenvalue weighted by molar-refractivity contribution is 6.30. The second-order valence-electron chi connectivity index (χ2n) is 4.84. The van der Waals surface area contributed by atoms with Crippen LogP contribution < -0.4 is 10.9 Å². The zero-order valence-corrected chi connectivity index (χ0v) is 13.0. The molecule has 20 heavy (non-hydrogen) atoms. The van der Waals surface area contributed by atoms with Crippen LogP contribution in [0.15, 0.2) is 48.5 Å². The van der Waals surface area contributed by atoms with E-state index in [-0.39, 0.29) is 12.1 Å². The Hall–Kier alpha value is -1.06. The summed E-state index contributed by atoms with van der Waals surface area (Å²) in [6.45, 7) is 4.19. The summed E-state index contributed by atoms with van der Waals surface area (Å²) in [6, 6.07) is 16.0. The van der Waals surface area contributed by atoms with E-state index in [1.807, 2.05) is 42.5 Å². The van der Waals surface area contributed by atoms with E-state index in [1.54, 1.807) is 0 Å². The zero-order valence-electron chi connectivity index (χ0n) is 11.5. The number of halogens is 2. The van der Waals surface area contributed by atoms with Crippen LogP contribution in [0.5, 0.6) is 0 Å². The van der Waals surface area contributed by atoms with E-state index in [1.165, 1.54) is 5.56 Å². The van der Waals surface area contributed by atoms with Crippen LogP contribution in [0.4, 0.5) is 0 Å². The number of hydrogen-bond acceptors (Lipinski definition) is 2. The van der Waals surface area contributed by atoms with Crippen molar-refractivity contribution in [1.29, 1.82) is 0 Å². The summed E-state index contributed by atoms with van der Waals surface area (Å²) in [7, 11) is 0. The van der Waals surface area contributed by atoms with Gasteiger partial charge in [-0.15, -0.1) is 0 Å². The Labute approximate surface area is 130 Å². The van der Waals surface area contributed by atoms with Gasteiger partial charge in [-0.05, 0) is 49.2 Å². The van der Waals surface area contributed by atoms with E-state index in [4.69, 9.17) is 23.2 Å². The molecule has 0 radical (unpaired) electrons. The predicted molar refractivity (Wildman–Crippen MR) is 86.0 cm³/mol. The number of benzene rings is 2. The first kappa shape index (κ1) is 15.3. The van der Waals surface area contributed by atoms with Gasteiger partial charge in [0.05, 0.1) is 0 Å². The van der Waals surface area contributed by atoms with Gasteiger partial charge in [-0.1, -0.05) is 47.5 Å². The lowest BCUT2D eigenvalue weighted by Gasteiger charge is -2.20. The summed E-state index contributed by atoms with van der Waals surface area (Å²) in [6.07, 6.45) is 0. The minimum Gasteiger partial charge on any atom is -0.250 e. The van der Waals surface area contributed by atoms with E-state index in [9.17, 15) is 0 Å². The molecule has 0 aliphatic heterocycles. The van der Waals surface area contributed by atoms with Crippen molar-refractivity contribution in [2.75, 3.05) is 0 Å². The van der Waals surface area contributed by atoms with Crippen molar-refractivity contribution in [2.45, 2.75) is 25.9 Å². The molecule has 0 amide bonds. The Balaban J connectivity index is 1.93. The first-order chi connectivity index (χ1) is 9.56. The summed E-state index contributed by atoms with van der Waals surface area (Å²) in [5.41, 5.74) is 8.92. The monoisotopic (exact) mass is 308 g/mol. The van der Waals surface area contributed by atoms with Crippen LogP contribution >= 0.6 is 23.2 Å². The average molecular weight is 309 g/mol. The molecule has 2 unspecified atom stereocenters. The molecule has 0 aliphatic rings. The van der Waals surface area contributed by atoms with Crippen LogP contribution in [-0.2, 0) is 0 Å². The van der Waals surface area contributed by atoms with Gasteiger partial charge in [0.1, 0.15) is 0 Å². The molecule has 0 saturated heterocycles. The smallest absolute Gasteiger partial charge is 0.0434 e. The first-order valence-corrected chi connectivity index (χ1v) is 7.34.